The minimum atomic E-state index is -0.0489. The van der Waals surface area contributed by atoms with E-state index in [0.717, 1.165) is 40.0 Å². The van der Waals surface area contributed by atoms with Gasteiger partial charge in [0.1, 0.15) is 0 Å². The molecule has 2 aromatic carbocycles. The molecule has 1 heterocycles. The number of benzene rings is 2. The summed E-state index contributed by atoms with van der Waals surface area (Å²) in [5.41, 5.74) is 6.56. The smallest absolute Gasteiger partial charge is 0.158 e. The van der Waals surface area contributed by atoms with E-state index < -0.39 is 0 Å². The minimum absolute atomic E-state index is 0.0489. The van der Waals surface area contributed by atoms with E-state index in [2.05, 4.69) is 69.9 Å². The fraction of sp³-hybridized carbons (Fsp3) is 0.333. The van der Waals surface area contributed by atoms with Crippen LogP contribution in [0.15, 0.2) is 51.0 Å². The lowest BCUT2D eigenvalue weighted by atomic mass is 9.95. The van der Waals surface area contributed by atoms with Gasteiger partial charge in [0.25, 0.3) is 0 Å². The zero-order chi connectivity index (χ0) is 18.7. The number of rotatable bonds is 5. The molecule has 0 saturated carbocycles. The quantitative estimate of drug-likeness (QED) is 0.476. The fourth-order valence-corrected chi connectivity index (χ4v) is 3.46. The zero-order valence-electron chi connectivity index (χ0n) is 15.7. The van der Waals surface area contributed by atoms with Gasteiger partial charge in [-0.15, -0.1) is 0 Å². The summed E-state index contributed by atoms with van der Waals surface area (Å²) in [6, 6.07) is 12.4. The molecule has 0 bridgehead atoms. The molecule has 0 N–H and O–H groups in total. The summed E-state index contributed by atoms with van der Waals surface area (Å²) in [6.45, 7) is 7.24. The molecule has 5 heteroatoms. The van der Waals surface area contributed by atoms with Crippen molar-refractivity contribution in [1.82, 2.24) is 4.90 Å². The van der Waals surface area contributed by atoms with Gasteiger partial charge in [-0.1, -0.05) is 39.3 Å². The van der Waals surface area contributed by atoms with Gasteiger partial charge in [0, 0.05) is 30.0 Å². The summed E-state index contributed by atoms with van der Waals surface area (Å²) in [4.78, 5) is 12.4. The molecular weight excluding hydrogens is 390 g/mol. The standard InChI is InChI=1S/C21H24BrN3O/c1-5-25(4)13-23-19-11-14(2)17(10-15(19)3)21-12-20(24-26-21)16-8-6-7-9-18(16)22/h6-11,13,21H,5,12H2,1-4H3. The molecule has 0 saturated heterocycles. The second kappa shape index (κ2) is 8.04. The number of aryl methyl sites for hydroxylation is 2. The van der Waals surface area contributed by atoms with Gasteiger partial charge >= 0.3 is 0 Å². The van der Waals surface area contributed by atoms with E-state index in [1.165, 1.54) is 11.1 Å². The van der Waals surface area contributed by atoms with Crippen LogP contribution in [0.1, 0.15) is 41.7 Å². The maximum atomic E-state index is 5.77. The molecule has 4 nitrogen and oxygen atoms in total. The van der Waals surface area contributed by atoms with E-state index in [1.54, 1.807) is 0 Å². The molecule has 3 rings (SSSR count). The van der Waals surface area contributed by atoms with Crippen molar-refractivity contribution in [3.05, 3.63) is 63.1 Å². The number of hydrogen-bond acceptors (Lipinski definition) is 3. The highest BCUT2D eigenvalue weighted by Crippen LogP contribution is 2.35. The van der Waals surface area contributed by atoms with Gasteiger partial charge in [-0.25, -0.2) is 4.99 Å². The van der Waals surface area contributed by atoms with E-state index in [-0.39, 0.29) is 6.10 Å². The van der Waals surface area contributed by atoms with E-state index >= 15 is 0 Å². The molecule has 136 valence electrons. The monoisotopic (exact) mass is 413 g/mol. The Bertz CT molecular complexity index is 860. The highest BCUT2D eigenvalue weighted by molar-refractivity contribution is 9.10. The summed E-state index contributed by atoms with van der Waals surface area (Å²) in [5.74, 6) is 0. The Labute approximate surface area is 163 Å². The molecule has 0 amide bonds. The van der Waals surface area contributed by atoms with Crippen molar-refractivity contribution in [2.24, 2.45) is 10.1 Å². The van der Waals surface area contributed by atoms with Crippen molar-refractivity contribution < 1.29 is 4.84 Å². The molecule has 1 aliphatic rings. The molecule has 0 spiro atoms. The first-order valence-corrected chi connectivity index (χ1v) is 9.62. The second-order valence-electron chi connectivity index (χ2n) is 6.63. The fourth-order valence-electron chi connectivity index (χ4n) is 2.95. The Balaban J connectivity index is 1.80. The van der Waals surface area contributed by atoms with Crippen LogP contribution in [0.4, 0.5) is 5.69 Å². The molecule has 2 aromatic rings. The van der Waals surface area contributed by atoms with Crippen molar-refractivity contribution >= 4 is 33.7 Å². The van der Waals surface area contributed by atoms with E-state index in [4.69, 9.17) is 4.84 Å². The Morgan fingerprint density at radius 3 is 2.77 bits per heavy atom. The van der Waals surface area contributed by atoms with Gasteiger partial charge in [-0.3, -0.25) is 0 Å². The van der Waals surface area contributed by atoms with Gasteiger partial charge in [0.15, 0.2) is 6.10 Å². The Kier molecular flexibility index (Phi) is 5.77. The van der Waals surface area contributed by atoms with E-state index in [0.29, 0.717) is 0 Å². The Morgan fingerprint density at radius 1 is 1.27 bits per heavy atom. The minimum Gasteiger partial charge on any atom is -0.387 e. The first-order valence-electron chi connectivity index (χ1n) is 8.82. The molecule has 1 aliphatic heterocycles. The van der Waals surface area contributed by atoms with Crippen LogP contribution in [-0.2, 0) is 4.84 Å². The Morgan fingerprint density at radius 2 is 2.04 bits per heavy atom. The zero-order valence-corrected chi connectivity index (χ0v) is 17.2. The van der Waals surface area contributed by atoms with Crippen LogP contribution in [0.25, 0.3) is 0 Å². The summed E-state index contributed by atoms with van der Waals surface area (Å²) >= 11 is 3.60. The van der Waals surface area contributed by atoms with Crippen LogP contribution in [-0.4, -0.2) is 30.5 Å². The average molecular weight is 414 g/mol. The highest BCUT2D eigenvalue weighted by atomic mass is 79.9. The lowest BCUT2D eigenvalue weighted by Gasteiger charge is -2.15. The van der Waals surface area contributed by atoms with Crippen LogP contribution in [0.5, 0.6) is 0 Å². The van der Waals surface area contributed by atoms with Crippen LogP contribution in [0.3, 0.4) is 0 Å². The van der Waals surface area contributed by atoms with E-state index in [1.807, 2.05) is 31.6 Å². The SMILES string of the molecule is CCN(C)C=Nc1cc(C)c(C2CC(c3ccccc3Br)=NO2)cc1C. The largest absolute Gasteiger partial charge is 0.387 e. The molecule has 26 heavy (non-hydrogen) atoms. The number of nitrogens with zero attached hydrogens (tertiary/aromatic N) is 3. The van der Waals surface area contributed by atoms with Crippen molar-refractivity contribution in [1.29, 1.82) is 0 Å². The summed E-state index contributed by atoms with van der Waals surface area (Å²) in [7, 11) is 2.02. The molecule has 0 radical (unpaired) electrons. The third-order valence-electron chi connectivity index (χ3n) is 4.68. The van der Waals surface area contributed by atoms with Gasteiger partial charge in [-0.2, -0.15) is 0 Å². The summed E-state index contributed by atoms with van der Waals surface area (Å²) in [6.07, 6.45) is 2.60. The molecule has 1 unspecified atom stereocenters. The molecule has 0 aliphatic carbocycles. The number of oxime groups is 1. The second-order valence-corrected chi connectivity index (χ2v) is 7.48. The molecule has 1 atom stereocenters. The third kappa shape index (κ3) is 3.98. The number of halogens is 1. The molecule has 0 aromatic heterocycles. The van der Waals surface area contributed by atoms with Crippen molar-refractivity contribution in [2.75, 3.05) is 13.6 Å². The third-order valence-corrected chi connectivity index (χ3v) is 5.37. The normalized spacial score (nSPS) is 16.7. The topological polar surface area (TPSA) is 37.2 Å². The highest BCUT2D eigenvalue weighted by Gasteiger charge is 2.26. The predicted octanol–water partition coefficient (Wildman–Crippen LogP) is 5.54. The number of aliphatic imine (C=N–C) groups is 1. The van der Waals surface area contributed by atoms with Crippen LogP contribution >= 0.6 is 15.9 Å². The maximum absolute atomic E-state index is 5.77. The van der Waals surface area contributed by atoms with E-state index in [9.17, 15) is 0 Å². The number of hydrogen-bond donors (Lipinski definition) is 0. The first-order chi connectivity index (χ1) is 12.5. The van der Waals surface area contributed by atoms with Crippen molar-refractivity contribution in [3.63, 3.8) is 0 Å². The van der Waals surface area contributed by atoms with Crippen LogP contribution in [0, 0.1) is 13.8 Å². The lowest BCUT2D eigenvalue weighted by Crippen LogP contribution is -2.14. The first kappa shape index (κ1) is 18.6. The molecular formula is C21H24BrN3O. The van der Waals surface area contributed by atoms with Gasteiger partial charge in [-0.05, 0) is 55.7 Å². The average Bonchev–Trinajstić information content (AvgIpc) is 3.11. The summed E-state index contributed by atoms with van der Waals surface area (Å²) in [5, 5.41) is 4.34. The van der Waals surface area contributed by atoms with Gasteiger partial charge in [0.2, 0.25) is 0 Å². The van der Waals surface area contributed by atoms with Crippen molar-refractivity contribution in [2.45, 2.75) is 33.3 Å². The Hall–Kier alpha value is -2.14. The van der Waals surface area contributed by atoms with Gasteiger partial charge < -0.3 is 9.74 Å². The van der Waals surface area contributed by atoms with Crippen molar-refractivity contribution in [3.8, 4) is 0 Å². The maximum Gasteiger partial charge on any atom is 0.158 e. The van der Waals surface area contributed by atoms with Gasteiger partial charge in [0.05, 0.1) is 17.7 Å². The summed E-state index contributed by atoms with van der Waals surface area (Å²) < 4.78 is 1.04. The lowest BCUT2D eigenvalue weighted by molar-refractivity contribution is 0.0852. The van der Waals surface area contributed by atoms with Crippen LogP contribution < -0.4 is 0 Å². The van der Waals surface area contributed by atoms with Crippen LogP contribution in [0.2, 0.25) is 0 Å². The molecule has 0 fully saturated rings. The predicted molar refractivity (Wildman–Crippen MR) is 111 cm³/mol.